The van der Waals surface area contributed by atoms with Gasteiger partial charge in [-0.25, -0.2) is 4.39 Å². The van der Waals surface area contributed by atoms with Crippen LogP contribution in [0.5, 0.6) is 5.75 Å². The molecule has 3 heterocycles. The zero-order valence-electron chi connectivity index (χ0n) is 17.1. The second-order valence-electron chi connectivity index (χ2n) is 7.93. The summed E-state index contributed by atoms with van der Waals surface area (Å²) in [6, 6.07) is 9.58. The zero-order chi connectivity index (χ0) is 21.1. The SMILES string of the molecule is COc1ccc(NC2CCN(CC(=O)N3C[C@@H](F)CC3C#N)CC2)c2cccnc12. The summed E-state index contributed by atoms with van der Waals surface area (Å²) in [4.78, 5) is 20.5. The summed E-state index contributed by atoms with van der Waals surface area (Å²) < 4.78 is 19.0. The number of alkyl halides is 1. The molecule has 30 heavy (non-hydrogen) atoms. The summed E-state index contributed by atoms with van der Waals surface area (Å²) in [5.41, 5.74) is 1.85. The maximum Gasteiger partial charge on any atom is 0.237 e. The van der Waals surface area contributed by atoms with Crippen molar-refractivity contribution >= 4 is 22.5 Å². The Morgan fingerprint density at radius 2 is 2.17 bits per heavy atom. The Bertz CT molecular complexity index is 954. The molecule has 2 aromatic rings. The van der Waals surface area contributed by atoms with Crippen LogP contribution in [0, 0.1) is 11.3 Å². The van der Waals surface area contributed by atoms with E-state index in [0.29, 0.717) is 6.04 Å². The van der Waals surface area contributed by atoms with Crippen LogP contribution in [0.3, 0.4) is 0 Å². The molecule has 1 amide bonds. The van der Waals surface area contributed by atoms with Gasteiger partial charge in [0, 0.05) is 42.8 Å². The number of methoxy groups -OCH3 is 1. The molecule has 2 saturated heterocycles. The van der Waals surface area contributed by atoms with E-state index in [1.54, 1.807) is 13.3 Å². The Balaban J connectivity index is 1.34. The molecule has 1 N–H and O–H groups in total. The summed E-state index contributed by atoms with van der Waals surface area (Å²) >= 11 is 0. The molecule has 2 aliphatic heterocycles. The fraction of sp³-hybridized carbons (Fsp3) is 0.500. The Kier molecular flexibility index (Phi) is 6.00. The first-order valence-electron chi connectivity index (χ1n) is 10.3. The van der Waals surface area contributed by atoms with Crippen LogP contribution in [-0.4, -0.2) is 72.2 Å². The number of halogens is 1. The predicted molar refractivity (Wildman–Crippen MR) is 112 cm³/mol. The van der Waals surface area contributed by atoms with Crippen molar-refractivity contribution in [2.75, 3.05) is 38.6 Å². The number of carbonyl (C=O) groups excluding carboxylic acids is 1. The van der Waals surface area contributed by atoms with Crippen molar-refractivity contribution in [3.8, 4) is 11.8 Å². The molecule has 1 unspecified atom stereocenters. The Hall–Kier alpha value is -2.92. The van der Waals surface area contributed by atoms with Crippen molar-refractivity contribution in [3.05, 3.63) is 30.5 Å². The van der Waals surface area contributed by atoms with Crippen molar-refractivity contribution in [2.24, 2.45) is 0 Å². The number of amides is 1. The minimum Gasteiger partial charge on any atom is -0.494 e. The predicted octanol–water partition coefficient (Wildman–Crippen LogP) is 2.58. The lowest BCUT2D eigenvalue weighted by Crippen LogP contribution is -2.46. The lowest BCUT2D eigenvalue weighted by molar-refractivity contribution is -0.132. The highest BCUT2D eigenvalue weighted by Gasteiger charge is 2.36. The molecule has 158 valence electrons. The third kappa shape index (κ3) is 4.17. The van der Waals surface area contributed by atoms with Gasteiger partial charge < -0.3 is 15.0 Å². The Morgan fingerprint density at radius 3 is 2.90 bits per heavy atom. The number of hydrogen-bond donors (Lipinski definition) is 1. The van der Waals surface area contributed by atoms with Crippen molar-refractivity contribution in [1.29, 1.82) is 5.26 Å². The third-order valence-corrected chi connectivity index (χ3v) is 5.98. The molecule has 2 aliphatic rings. The van der Waals surface area contributed by atoms with Crippen LogP contribution < -0.4 is 10.1 Å². The number of aromatic nitrogens is 1. The average Bonchev–Trinajstić information content (AvgIpc) is 3.16. The van der Waals surface area contributed by atoms with Crippen molar-refractivity contribution < 1.29 is 13.9 Å². The van der Waals surface area contributed by atoms with Crippen molar-refractivity contribution in [2.45, 2.75) is 37.5 Å². The van der Waals surface area contributed by atoms with Gasteiger partial charge in [-0.3, -0.25) is 14.7 Å². The van der Waals surface area contributed by atoms with E-state index in [9.17, 15) is 9.18 Å². The summed E-state index contributed by atoms with van der Waals surface area (Å²) in [6.45, 7) is 1.83. The van der Waals surface area contributed by atoms with Crippen LogP contribution in [0.2, 0.25) is 0 Å². The number of rotatable bonds is 5. The summed E-state index contributed by atoms with van der Waals surface area (Å²) in [5.74, 6) is 0.595. The van der Waals surface area contributed by atoms with E-state index < -0.39 is 12.2 Å². The molecule has 1 aromatic heterocycles. The largest absolute Gasteiger partial charge is 0.494 e. The van der Waals surface area contributed by atoms with E-state index in [1.807, 2.05) is 30.3 Å². The number of ether oxygens (including phenoxy) is 1. The molecule has 4 rings (SSSR count). The van der Waals surface area contributed by atoms with Gasteiger partial charge in [0.1, 0.15) is 23.5 Å². The van der Waals surface area contributed by atoms with Gasteiger partial charge in [-0.15, -0.1) is 0 Å². The number of benzene rings is 1. The van der Waals surface area contributed by atoms with Crippen LogP contribution in [-0.2, 0) is 4.79 Å². The molecule has 2 fully saturated rings. The van der Waals surface area contributed by atoms with Gasteiger partial charge in [0.05, 0.1) is 26.3 Å². The van der Waals surface area contributed by atoms with Crippen LogP contribution in [0.15, 0.2) is 30.5 Å². The van der Waals surface area contributed by atoms with Crippen LogP contribution in [0.25, 0.3) is 10.9 Å². The van der Waals surface area contributed by atoms with Gasteiger partial charge in [0.25, 0.3) is 0 Å². The van der Waals surface area contributed by atoms with Crippen LogP contribution >= 0.6 is 0 Å². The quantitative estimate of drug-likeness (QED) is 0.815. The fourth-order valence-electron chi connectivity index (χ4n) is 4.36. The number of anilines is 1. The minimum absolute atomic E-state index is 0.0354. The van der Waals surface area contributed by atoms with Gasteiger partial charge in [0.15, 0.2) is 0 Å². The second kappa shape index (κ2) is 8.84. The molecule has 0 bridgehead atoms. The smallest absolute Gasteiger partial charge is 0.237 e. The van der Waals surface area contributed by atoms with E-state index in [1.165, 1.54) is 4.90 Å². The molecule has 1 aromatic carbocycles. The van der Waals surface area contributed by atoms with E-state index in [4.69, 9.17) is 10.00 Å². The molecular formula is C22H26FN5O2. The number of carbonyl (C=O) groups is 1. The molecule has 0 aliphatic carbocycles. The molecule has 0 spiro atoms. The van der Waals surface area contributed by atoms with E-state index in [-0.39, 0.29) is 25.4 Å². The second-order valence-corrected chi connectivity index (χ2v) is 7.93. The molecule has 2 atom stereocenters. The number of hydrogen-bond acceptors (Lipinski definition) is 6. The maximum atomic E-state index is 13.6. The first kappa shape index (κ1) is 20.4. The number of fused-ring (bicyclic) bond motifs is 1. The first-order chi connectivity index (χ1) is 14.6. The van der Waals surface area contributed by atoms with Gasteiger partial charge in [-0.1, -0.05) is 0 Å². The highest BCUT2D eigenvalue weighted by atomic mass is 19.1. The van der Waals surface area contributed by atoms with E-state index >= 15 is 0 Å². The minimum atomic E-state index is -1.10. The summed E-state index contributed by atoms with van der Waals surface area (Å²) in [5, 5.41) is 13.8. The molecule has 8 heteroatoms. The maximum absolute atomic E-state index is 13.6. The van der Waals surface area contributed by atoms with Crippen molar-refractivity contribution in [1.82, 2.24) is 14.8 Å². The average molecular weight is 411 g/mol. The molecular weight excluding hydrogens is 385 g/mol. The number of nitriles is 1. The fourth-order valence-corrected chi connectivity index (χ4v) is 4.36. The van der Waals surface area contributed by atoms with Crippen LogP contribution in [0.4, 0.5) is 10.1 Å². The number of nitrogens with one attached hydrogen (secondary N) is 1. The van der Waals surface area contributed by atoms with Crippen molar-refractivity contribution in [3.63, 3.8) is 0 Å². The normalized spacial score (nSPS) is 22.8. The topological polar surface area (TPSA) is 81.5 Å². The third-order valence-electron chi connectivity index (χ3n) is 5.98. The van der Waals surface area contributed by atoms with Gasteiger partial charge >= 0.3 is 0 Å². The number of pyridine rings is 1. The summed E-state index contributed by atoms with van der Waals surface area (Å²) in [6.07, 6.45) is 2.58. The first-order valence-corrected chi connectivity index (χ1v) is 10.3. The van der Waals surface area contributed by atoms with Gasteiger partial charge in [-0.05, 0) is 37.1 Å². The van der Waals surface area contributed by atoms with Gasteiger partial charge in [-0.2, -0.15) is 5.26 Å². The highest BCUT2D eigenvalue weighted by Crippen LogP contribution is 2.31. The Morgan fingerprint density at radius 1 is 1.37 bits per heavy atom. The Labute approximate surface area is 175 Å². The molecule has 7 nitrogen and oxygen atoms in total. The monoisotopic (exact) mass is 411 g/mol. The summed E-state index contributed by atoms with van der Waals surface area (Å²) in [7, 11) is 1.64. The molecule has 0 radical (unpaired) electrons. The highest BCUT2D eigenvalue weighted by molar-refractivity contribution is 5.95. The number of nitrogens with zero attached hydrogens (tertiary/aromatic N) is 4. The van der Waals surface area contributed by atoms with Crippen LogP contribution in [0.1, 0.15) is 19.3 Å². The molecule has 0 saturated carbocycles. The number of piperidine rings is 1. The lowest BCUT2D eigenvalue weighted by atomic mass is 10.0. The zero-order valence-corrected chi connectivity index (χ0v) is 17.1. The number of likely N-dealkylation sites (tertiary alicyclic amines) is 2. The van der Waals surface area contributed by atoms with E-state index in [0.717, 1.165) is 48.3 Å². The standard InChI is InChI=1S/C22H26FN5O2/c1-30-20-5-4-19(18-3-2-8-25-22(18)20)26-16-6-9-27(10-7-16)14-21(29)28-13-15(23)11-17(28)12-24/h2-5,8,15-17,26H,6-7,9-11,13-14H2,1H3/t15-,17?/m0/s1. The van der Waals surface area contributed by atoms with Gasteiger partial charge in [0.2, 0.25) is 5.91 Å². The van der Waals surface area contributed by atoms with E-state index in [2.05, 4.69) is 15.2 Å². The lowest BCUT2D eigenvalue weighted by Gasteiger charge is -2.33.